The zero-order chi connectivity index (χ0) is 20.9. The standard InChI is InChI=1S/C19H26N2O8/c22-5-9-26-7-3-20-18(24)15(19(25)21-4-8-27-10-6-23)11-14-1-2-16-17(12-14)29-13-28-16/h1-2,11-12,22-23H,3-10,13H2,(H,20,24)(H,21,25). The molecule has 0 atom stereocenters. The van der Waals surface area contributed by atoms with E-state index in [2.05, 4.69) is 10.6 Å². The summed E-state index contributed by atoms with van der Waals surface area (Å²) in [6, 6.07) is 5.09. The second kappa shape index (κ2) is 12.7. The van der Waals surface area contributed by atoms with Crippen molar-refractivity contribution in [2.24, 2.45) is 0 Å². The summed E-state index contributed by atoms with van der Waals surface area (Å²) in [6.45, 7) is 1.04. The first-order valence-electron chi connectivity index (χ1n) is 9.20. The second-order valence-electron chi connectivity index (χ2n) is 5.85. The molecule has 0 unspecified atom stereocenters. The summed E-state index contributed by atoms with van der Waals surface area (Å²) in [5.41, 5.74) is 0.510. The summed E-state index contributed by atoms with van der Waals surface area (Å²) >= 11 is 0. The van der Waals surface area contributed by atoms with Crippen molar-refractivity contribution in [2.45, 2.75) is 0 Å². The monoisotopic (exact) mass is 410 g/mol. The predicted molar refractivity (Wildman–Crippen MR) is 102 cm³/mol. The Kier molecular flexibility index (Phi) is 9.93. The van der Waals surface area contributed by atoms with Crippen LogP contribution < -0.4 is 20.1 Å². The molecule has 1 aromatic carbocycles. The Morgan fingerprint density at radius 2 is 1.52 bits per heavy atom. The van der Waals surface area contributed by atoms with Crippen molar-refractivity contribution in [1.29, 1.82) is 0 Å². The van der Waals surface area contributed by atoms with Gasteiger partial charge in [0.1, 0.15) is 5.57 Å². The minimum absolute atomic E-state index is 0.0896. The van der Waals surface area contributed by atoms with Gasteiger partial charge in [-0.15, -0.1) is 0 Å². The number of benzene rings is 1. The third-order valence-electron chi connectivity index (χ3n) is 3.73. The number of ether oxygens (including phenoxy) is 4. The van der Waals surface area contributed by atoms with Gasteiger partial charge in [-0.3, -0.25) is 9.59 Å². The highest BCUT2D eigenvalue weighted by molar-refractivity contribution is 6.21. The van der Waals surface area contributed by atoms with Gasteiger partial charge in [-0.1, -0.05) is 6.07 Å². The lowest BCUT2D eigenvalue weighted by Crippen LogP contribution is -2.37. The molecule has 0 aliphatic carbocycles. The Bertz CT molecular complexity index is 679. The Morgan fingerprint density at radius 3 is 2.10 bits per heavy atom. The third kappa shape index (κ3) is 7.70. The highest BCUT2D eigenvalue weighted by Crippen LogP contribution is 2.33. The lowest BCUT2D eigenvalue weighted by molar-refractivity contribution is -0.123. The van der Waals surface area contributed by atoms with E-state index in [1.807, 2.05) is 0 Å². The van der Waals surface area contributed by atoms with Gasteiger partial charge in [0.15, 0.2) is 11.5 Å². The molecule has 4 N–H and O–H groups in total. The maximum Gasteiger partial charge on any atom is 0.256 e. The van der Waals surface area contributed by atoms with Crippen LogP contribution in [0.4, 0.5) is 0 Å². The second-order valence-corrected chi connectivity index (χ2v) is 5.85. The van der Waals surface area contributed by atoms with Gasteiger partial charge >= 0.3 is 0 Å². The molecule has 2 amide bonds. The fraction of sp³-hybridized carbons (Fsp3) is 0.474. The van der Waals surface area contributed by atoms with Crippen molar-refractivity contribution in [2.75, 3.05) is 59.5 Å². The molecule has 2 rings (SSSR count). The van der Waals surface area contributed by atoms with Crippen molar-refractivity contribution in [3.8, 4) is 11.5 Å². The van der Waals surface area contributed by atoms with Gasteiger partial charge in [0.2, 0.25) is 6.79 Å². The summed E-state index contributed by atoms with van der Waals surface area (Å²) in [5, 5.41) is 22.6. The lowest BCUT2D eigenvalue weighted by Gasteiger charge is -2.11. The van der Waals surface area contributed by atoms with E-state index in [-0.39, 0.29) is 65.1 Å². The molecule has 0 saturated carbocycles. The van der Waals surface area contributed by atoms with Crippen LogP contribution >= 0.6 is 0 Å². The van der Waals surface area contributed by atoms with Gasteiger partial charge in [0, 0.05) is 13.1 Å². The SMILES string of the molecule is O=C(NCCOCCO)C(=Cc1ccc2c(c1)OCO2)C(=O)NCCOCCO. The number of carbonyl (C=O) groups excluding carboxylic acids is 2. The molecule has 0 radical (unpaired) electrons. The van der Waals surface area contributed by atoms with Crippen molar-refractivity contribution < 1.29 is 38.7 Å². The predicted octanol–water partition coefficient (Wildman–Crippen LogP) is -0.951. The van der Waals surface area contributed by atoms with Gasteiger partial charge in [-0.25, -0.2) is 0 Å². The molecule has 0 aromatic heterocycles. The lowest BCUT2D eigenvalue weighted by atomic mass is 10.1. The quantitative estimate of drug-likeness (QED) is 0.141. The molecule has 160 valence electrons. The van der Waals surface area contributed by atoms with Crippen LogP contribution in [0.1, 0.15) is 5.56 Å². The van der Waals surface area contributed by atoms with Crippen LogP contribution in [-0.4, -0.2) is 81.6 Å². The fourth-order valence-electron chi connectivity index (χ4n) is 2.40. The van der Waals surface area contributed by atoms with Crippen molar-refractivity contribution in [3.63, 3.8) is 0 Å². The molecule has 1 aliphatic rings. The maximum absolute atomic E-state index is 12.5. The molecule has 10 heteroatoms. The number of aliphatic hydroxyl groups excluding tert-OH is 2. The molecular weight excluding hydrogens is 384 g/mol. The summed E-state index contributed by atoms with van der Waals surface area (Å²) in [7, 11) is 0. The van der Waals surface area contributed by atoms with Crippen LogP contribution in [0.15, 0.2) is 23.8 Å². The number of hydrogen-bond donors (Lipinski definition) is 4. The first-order valence-corrected chi connectivity index (χ1v) is 9.20. The Labute approximate surface area is 168 Å². The highest BCUT2D eigenvalue weighted by atomic mass is 16.7. The average Bonchev–Trinajstić information content (AvgIpc) is 3.19. The Morgan fingerprint density at radius 1 is 0.931 bits per heavy atom. The first-order chi connectivity index (χ1) is 14.2. The van der Waals surface area contributed by atoms with E-state index in [9.17, 15) is 9.59 Å². The number of hydrogen-bond acceptors (Lipinski definition) is 8. The van der Waals surface area contributed by atoms with Gasteiger partial charge in [0.25, 0.3) is 11.8 Å². The molecule has 0 fully saturated rings. The molecule has 1 aromatic rings. The smallest absolute Gasteiger partial charge is 0.256 e. The normalized spacial score (nSPS) is 11.8. The average molecular weight is 410 g/mol. The first kappa shape index (κ1) is 22.6. The van der Waals surface area contributed by atoms with E-state index >= 15 is 0 Å². The van der Waals surface area contributed by atoms with Crippen molar-refractivity contribution in [1.82, 2.24) is 10.6 Å². The summed E-state index contributed by atoms with van der Waals surface area (Å²) in [4.78, 5) is 25.1. The van der Waals surface area contributed by atoms with Crippen LogP contribution in [0.2, 0.25) is 0 Å². The molecule has 0 spiro atoms. The Balaban J connectivity index is 2.03. The number of carbonyl (C=O) groups is 2. The number of fused-ring (bicyclic) bond motifs is 1. The summed E-state index contributed by atoms with van der Waals surface area (Å²) in [5.74, 6) is 0.00137. The number of aliphatic hydroxyl groups is 2. The van der Waals surface area contributed by atoms with Crippen LogP contribution in [0.3, 0.4) is 0 Å². The van der Waals surface area contributed by atoms with E-state index in [0.717, 1.165) is 0 Å². The van der Waals surface area contributed by atoms with Crippen molar-refractivity contribution >= 4 is 17.9 Å². The molecular formula is C19H26N2O8. The fourth-order valence-corrected chi connectivity index (χ4v) is 2.40. The van der Waals surface area contributed by atoms with Gasteiger partial charge in [0.05, 0.1) is 39.6 Å². The van der Waals surface area contributed by atoms with Gasteiger partial charge < -0.3 is 39.8 Å². The van der Waals surface area contributed by atoms with Crippen LogP contribution in [0.25, 0.3) is 6.08 Å². The molecule has 0 bridgehead atoms. The van der Waals surface area contributed by atoms with E-state index in [1.165, 1.54) is 6.08 Å². The van der Waals surface area contributed by atoms with Gasteiger partial charge in [-0.2, -0.15) is 0 Å². The van der Waals surface area contributed by atoms with E-state index in [1.54, 1.807) is 18.2 Å². The van der Waals surface area contributed by atoms with Gasteiger partial charge in [-0.05, 0) is 23.8 Å². The Hall–Kier alpha value is -2.66. The van der Waals surface area contributed by atoms with E-state index < -0.39 is 11.8 Å². The minimum atomic E-state index is -0.566. The van der Waals surface area contributed by atoms with Crippen LogP contribution in [0.5, 0.6) is 11.5 Å². The van der Waals surface area contributed by atoms with Crippen LogP contribution in [0, 0.1) is 0 Å². The zero-order valence-electron chi connectivity index (χ0n) is 16.0. The summed E-state index contributed by atoms with van der Waals surface area (Å²) < 4.78 is 20.8. The van der Waals surface area contributed by atoms with Crippen molar-refractivity contribution in [3.05, 3.63) is 29.3 Å². The highest BCUT2D eigenvalue weighted by Gasteiger charge is 2.19. The summed E-state index contributed by atoms with van der Waals surface area (Å²) in [6.07, 6.45) is 1.45. The topological polar surface area (TPSA) is 136 Å². The molecule has 29 heavy (non-hydrogen) atoms. The number of nitrogens with one attached hydrogen (secondary N) is 2. The molecule has 1 heterocycles. The maximum atomic E-state index is 12.5. The molecule has 0 saturated heterocycles. The molecule has 10 nitrogen and oxygen atoms in total. The third-order valence-corrected chi connectivity index (χ3v) is 3.73. The van der Waals surface area contributed by atoms with Crippen LogP contribution in [-0.2, 0) is 19.1 Å². The zero-order valence-corrected chi connectivity index (χ0v) is 16.0. The largest absolute Gasteiger partial charge is 0.454 e. The van der Waals surface area contributed by atoms with E-state index in [0.29, 0.717) is 17.1 Å². The minimum Gasteiger partial charge on any atom is -0.454 e. The molecule has 1 aliphatic heterocycles. The number of rotatable bonds is 13. The van der Waals surface area contributed by atoms with E-state index in [4.69, 9.17) is 29.2 Å². The number of amides is 2.